The van der Waals surface area contributed by atoms with Crippen LogP contribution < -0.4 is 5.32 Å². The average molecular weight is 793 g/mol. The summed E-state index contributed by atoms with van der Waals surface area (Å²) in [5.41, 5.74) is 10.1. The van der Waals surface area contributed by atoms with Crippen LogP contribution in [-0.2, 0) is 0 Å². The van der Waals surface area contributed by atoms with Gasteiger partial charge in [0.15, 0.2) is 5.84 Å². The van der Waals surface area contributed by atoms with Crippen LogP contribution in [0, 0.1) is 0 Å². The lowest BCUT2D eigenvalue weighted by molar-refractivity contribution is 0.668. The summed E-state index contributed by atoms with van der Waals surface area (Å²) in [7, 11) is 0. The summed E-state index contributed by atoms with van der Waals surface area (Å²) in [5.74, 6) is 1.40. The molecule has 1 N–H and O–H groups in total. The first-order valence-corrected chi connectivity index (χ1v) is 21.1. The molecule has 2 aromatic heterocycles. The van der Waals surface area contributed by atoms with Crippen LogP contribution in [0.25, 0.3) is 92.9 Å². The minimum Gasteiger partial charge on any atom is -0.456 e. The van der Waals surface area contributed by atoms with E-state index in [0.29, 0.717) is 5.84 Å². The molecule has 12 aromatic rings. The monoisotopic (exact) mass is 792 g/mol. The van der Waals surface area contributed by atoms with Gasteiger partial charge < -0.3 is 14.3 Å². The molecule has 0 fully saturated rings. The number of amidine groups is 2. The fourth-order valence-electron chi connectivity index (χ4n) is 9.71. The van der Waals surface area contributed by atoms with E-state index in [-0.39, 0.29) is 0 Å². The molecule has 5 heteroatoms. The van der Waals surface area contributed by atoms with E-state index in [2.05, 4.69) is 198 Å². The first-order chi connectivity index (χ1) is 30.7. The van der Waals surface area contributed by atoms with Crippen LogP contribution in [0.15, 0.2) is 221 Å². The molecule has 0 radical (unpaired) electrons. The minimum atomic E-state index is -0.416. The summed E-state index contributed by atoms with van der Waals surface area (Å²) >= 11 is 0. The SMILES string of the molecule is c1ccc(-c2ccc(C3=NC(c4cccc5ccccc45)NC(c4cc(-n5c6cc7ccccc7cc6c6c7ccccc7ccc65)cc5oc6ccccc6c45)=N3)cc2)cc1. The van der Waals surface area contributed by atoms with Crippen LogP contribution in [0.1, 0.15) is 22.9 Å². The van der Waals surface area contributed by atoms with Gasteiger partial charge in [-0.15, -0.1) is 0 Å². The van der Waals surface area contributed by atoms with Gasteiger partial charge in [-0.3, -0.25) is 0 Å². The third kappa shape index (κ3) is 5.42. The predicted octanol–water partition coefficient (Wildman–Crippen LogP) is 14.3. The Labute approximate surface area is 356 Å². The number of hydrogen-bond acceptors (Lipinski definition) is 4. The fourth-order valence-corrected chi connectivity index (χ4v) is 9.71. The van der Waals surface area contributed by atoms with Crippen LogP contribution in [0.3, 0.4) is 0 Å². The zero-order valence-electron chi connectivity index (χ0n) is 33.5. The number of rotatable bonds is 5. The molecule has 0 amide bonds. The zero-order valence-corrected chi connectivity index (χ0v) is 33.5. The Bertz CT molecular complexity index is 3830. The van der Waals surface area contributed by atoms with Crippen molar-refractivity contribution < 1.29 is 4.42 Å². The fraction of sp³-hybridized carbons (Fsp3) is 0.0175. The van der Waals surface area contributed by atoms with Gasteiger partial charge in [-0.05, 0) is 73.8 Å². The molecule has 0 saturated carbocycles. The topological polar surface area (TPSA) is 54.8 Å². The highest BCUT2D eigenvalue weighted by atomic mass is 16.3. The Morgan fingerprint density at radius 3 is 1.90 bits per heavy atom. The molecule has 0 saturated heterocycles. The molecular weight excluding hydrogens is 757 g/mol. The summed E-state index contributed by atoms with van der Waals surface area (Å²) in [6, 6.07) is 73.4. The predicted molar refractivity (Wildman–Crippen MR) is 258 cm³/mol. The number of benzene rings is 10. The van der Waals surface area contributed by atoms with E-state index in [1.54, 1.807) is 0 Å². The molecule has 5 nitrogen and oxygen atoms in total. The number of hydrogen-bond donors (Lipinski definition) is 1. The lowest BCUT2D eigenvalue weighted by Crippen LogP contribution is -2.34. The highest BCUT2D eigenvalue weighted by molar-refractivity contribution is 6.25. The second-order valence-corrected chi connectivity index (χ2v) is 16.2. The van der Waals surface area contributed by atoms with Gasteiger partial charge in [0.05, 0.1) is 16.7 Å². The molecule has 0 bridgehead atoms. The van der Waals surface area contributed by atoms with Gasteiger partial charge >= 0.3 is 0 Å². The maximum absolute atomic E-state index is 6.80. The zero-order chi connectivity index (χ0) is 40.7. The van der Waals surface area contributed by atoms with Crippen molar-refractivity contribution in [3.05, 3.63) is 223 Å². The quantitative estimate of drug-likeness (QED) is 0.189. The first-order valence-electron chi connectivity index (χ1n) is 21.1. The van der Waals surface area contributed by atoms with E-state index in [0.717, 1.165) is 77.5 Å². The number of aliphatic imine (C=N–C) groups is 2. The lowest BCUT2D eigenvalue weighted by atomic mass is 10.00. The number of furan rings is 1. The van der Waals surface area contributed by atoms with Crippen molar-refractivity contribution in [2.24, 2.45) is 9.98 Å². The number of nitrogens with one attached hydrogen (secondary N) is 1. The van der Waals surface area contributed by atoms with Crippen molar-refractivity contribution in [2.45, 2.75) is 6.17 Å². The van der Waals surface area contributed by atoms with Crippen LogP contribution in [0.4, 0.5) is 0 Å². The summed E-state index contributed by atoms with van der Waals surface area (Å²) < 4.78 is 9.20. The van der Waals surface area contributed by atoms with Gasteiger partial charge in [0.1, 0.15) is 23.2 Å². The molecule has 1 atom stereocenters. The molecule has 290 valence electrons. The largest absolute Gasteiger partial charge is 0.456 e. The molecule has 1 aliphatic heterocycles. The molecule has 0 spiro atoms. The van der Waals surface area contributed by atoms with Crippen LogP contribution in [0.2, 0.25) is 0 Å². The Kier molecular flexibility index (Phi) is 7.60. The van der Waals surface area contributed by atoms with Crippen molar-refractivity contribution in [1.29, 1.82) is 0 Å². The molecule has 10 aromatic carbocycles. The molecule has 62 heavy (non-hydrogen) atoms. The summed E-state index contributed by atoms with van der Waals surface area (Å²) in [6.07, 6.45) is -0.416. The minimum absolute atomic E-state index is 0.416. The Morgan fingerprint density at radius 1 is 0.435 bits per heavy atom. The van der Waals surface area contributed by atoms with Gasteiger partial charge in [0, 0.05) is 44.3 Å². The molecule has 13 rings (SSSR count). The van der Waals surface area contributed by atoms with Crippen LogP contribution in [-0.4, -0.2) is 16.2 Å². The van der Waals surface area contributed by atoms with Crippen molar-refractivity contribution in [3.63, 3.8) is 0 Å². The van der Waals surface area contributed by atoms with Crippen LogP contribution in [0.5, 0.6) is 0 Å². The lowest BCUT2D eigenvalue weighted by Gasteiger charge is -2.25. The first kappa shape index (κ1) is 34.6. The number of nitrogens with zero attached hydrogens (tertiary/aromatic N) is 3. The summed E-state index contributed by atoms with van der Waals surface area (Å²) in [4.78, 5) is 10.8. The molecule has 0 aliphatic carbocycles. The van der Waals surface area contributed by atoms with E-state index < -0.39 is 6.17 Å². The summed E-state index contributed by atoms with van der Waals surface area (Å²) in [6.45, 7) is 0. The van der Waals surface area contributed by atoms with Gasteiger partial charge in [-0.25, -0.2) is 9.98 Å². The van der Waals surface area contributed by atoms with Gasteiger partial charge in [0.25, 0.3) is 0 Å². The standard InChI is InChI=1S/C57H36N4O/c1-2-13-35(14-3-1)36-25-27-39(28-26-36)55-58-56(45-23-12-19-37-15-6-8-20-43(37)45)60-57(59-55)48-33-42(34-52-54(48)46-22-10-11-24-51(46)62-52)61-49-30-29-38-16-7-9-21-44(38)53(49)47-31-40-17-4-5-18-41(40)32-50(47)61/h1-34,56H,(H,58,59,60). The van der Waals surface area contributed by atoms with Gasteiger partial charge in [0.2, 0.25) is 0 Å². The van der Waals surface area contributed by atoms with Crippen molar-refractivity contribution in [1.82, 2.24) is 9.88 Å². The van der Waals surface area contributed by atoms with E-state index in [1.807, 2.05) is 18.2 Å². The van der Waals surface area contributed by atoms with E-state index >= 15 is 0 Å². The highest BCUT2D eigenvalue weighted by Crippen LogP contribution is 2.42. The average Bonchev–Trinajstić information content (AvgIpc) is 3.88. The van der Waals surface area contributed by atoms with Crippen molar-refractivity contribution in [2.75, 3.05) is 0 Å². The second kappa shape index (κ2) is 13.6. The molecular formula is C57H36N4O. The highest BCUT2D eigenvalue weighted by Gasteiger charge is 2.27. The number of fused-ring (bicyclic) bond motifs is 10. The van der Waals surface area contributed by atoms with E-state index in [4.69, 9.17) is 14.4 Å². The molecule has 1 aliphatic rings. The Balaban J connectivity index is 1.08. The second-order valence-electron chi connectivity index (χ2n) is 16.2. The Morgan fingerprint density at radius 2 is 1.08 bits per heavy atom. The normalized spacial score (nSPS) is 14.3. The third-order valence-corrected chi connectivity index (χ3v) is 12.6. The number of para-hydroxylation sites is 1. The van der Waals surface area contributed by atoms with E-state index in [9.17, 15) is 0 Å². The Hall–Kier alpha value is -8.28. The van der Waals surface area contributed by atoms with Crippen molar-refractivity contribution in [3.8, 4) is 16.8 Å². The summed E-state index contributed by atoms with van der Waals surface area (Å²) in [5, 5.41) is 15.5. The molecule has 1 unspecified atom stereocenters. The molecule has 3 heterocycles. The van der Waals surface area contributed by atoms with Gasteiger partial charge in [-0.2, -0.15) is 0 Å². The maximum Gasteiger partial charge on any atom is 0.159 e. The maximum atomic E-state index is 6.80. The number of aromatic nitrogens is 1. The smallest absolute Gasteiger partial charge is 0.159 e. The van der Waals surface area contributed by atoms with Crippen LogP contribution >= 0.6 is 0 Å². The third-order valence-electron chi connectivity index (χ3n) is 12.6. The van der Waals surface area contributed by atoms with E-state index in [1.165, 1.54) is 37.9 Å². The van der Waals surface area contributed by atoms with Gasteiger partial charge in [-0.1, -0.05) is 170 Å². The van der Waals surface area contributed by atoms with Crippen molar-refractivity contribution >= 4 is 87.7 Å².